The number of rotatable bonds is 4. The van der Waals surface area contributed by atoms with Gasteiger partial charge >= 0.3 is 23.0 Å². The van der Waals surface area contributed by atoms with Crippen LogP contribution in [-0.4, -0.2) is 26.7 Å². The number of H-pyrrole nitrogens is 1. The lowest BCUT2D eigenvalue weighted by Crippen LogP contribution is -2.31. The minimum absolute atomic E-state index is 0.184. The second-order valence-corrected chi connectivity index (χ2v) is 2.97. The van der Waals surface area contributed by atoms with Gasteiger partial charge in [-0.05, 0) is 0 Å². The predicted octanol–water partition coefficient (Wildman–Crippen LogP) is -1.90. The number of hydrazone groups is 1. The van der Waals surface area contributed by atoms with Gasteiger partial charge in [-0.2, -0.15) is 5.10 Å². The lowest BCUT2D eigenvalue weighted by Gasteiger charge is -1.99. The van der Waals surface area contributed by atoms with Crippen LogP contribution < -0.4 is 22.4 Å². The summed E-state index contributed by atoms with van der Waals surface area (Å²) < 4.78 is 0.839. The first-order valence-electron chi connectivity index (χ1n) is 4.47. The van der Waals surface area contributed by atoms with Crippen LogP contribution in [0.3, 0.4) is 0 Å². The van der Waals surface area contributed by atoms with Gasteiger partial charge in [-0.15, -0.1) is 0 Å². The van der Waals surface area contributed by atoms with Crippen LogP contribution in [0, 0.1) is 10.1 Å². The second kappa shape index (κ2) is 5.38. The molecule has 0 radical (unpaired) electrons. The number of nitrogens with zero attached hydrogens (tertiary/aromatic N) is 3. The fraction of sp³-hybridized carbons (Fsp3) is 0.143. The Hall–Kier alpha value is -2.98. The van der Waals surface area contributed by atoms with Crippen molar-refractivity contribution >= 4 is 17.9 Å². The molecule has 96 valence electrons. The monoisotopic (exact) mass is 256 g/mol. The molecule has 11 nitrogen and oxygen atoms in total. The molecule has 1 heterocycles. The smallest absolute Gasteiger partial charge is 0.350 e. The molecule has 0 aliphatic heterocycles. The van der Waals surface area contributed by atoms with Crippen molar-refractivity contribution in [1.82, 2.24) is 15.0 Å². The van der Waals surface area contributed by atoms with Gasteiger partial charge in [0, 0.05) is 6.21 Å². The third-order valence-corrected chi connectivity index (χ3v) is 1.73. The maximum absolute atomic E-state index is 11.3. The van der Waals surface area contributed by atoms with E-state index in [1.807, 2.05) is 5.43 Å². The molecular weight excluding hydrogens is 248 g/mol. The van der Waals surface area contributed by atoms with Crippen molar-refractivity contribution in [2.75, 3.05) is 0 Å². The standard InChI is InChI=1S/C7H8N6O5/c8-6(15)11-9-1-2-12-3-4(13(17)18)5(14)10-7(12)16/h1,3H,2H2,(H3,8,11,15)(H,10,14,16)/b9-1-. The molecular formula is C7H8N6O5. The van der Waals surface area contributed by atoms with Crippen molar-refractivity contribution in [3.8, 4) is 0 Å². The summed E-state index contributed by atoms with van der Waals surface area (Å²) in [6.07, 6.45) is 1.85. The summed E-state index contributed by atoms with van der Waals surface area (Å²) >= 11 is 0. The number of nitro groups is 1. The van der Waals surface area contributed by atoms with Gasteiger partial charge in [0.05, 0.1) is 17.7 Å². The minimum Gasteiger partial charge on any atom is -0.350 e. The van der Waals surface area contributed by atoms with Gasteiger partial charge in [-0.3, -0.25) is 24.5 Å². The SMILES string of the molecule is NC(=O)N/N=C\Cn1cc([N+](=O)[O-])c(=O)[nH]c1=O. The van der Waals surface area contributed by atoms with Crippen molar-refractivity contribution in [2.24, 2.45) is 10.8 Å². The number of nitrogens with one attached hydrogen (secondary N) is 2. The van der Waals surface area contributed by atoms with E-state index in [-0.39, 0.29) is 6.54 Å². The van der Waals surface area contributed by atoms with Crippen LogP contribution >= 0.6 is 0 Å². The minimum atomic E-state index is -1.09. The van der Waals surface area contributed by atoms with Crippen LogP contribution in [0.2, 0.25) is 0 Å². The van der Waals surface area contributed by atoms with Gasteiger partial charge in [-0.1, -0.05) is 0 Å². The number of carbonyl (C=O) groups excluding carboxylic acids is 1. The van der Waals surface area contributed by atoms with Gasteiger partial charge < -0.3 is 5.73 Å². The number of urea groups is 1. The molecule has 0 aromatic carbocycles. The molecule has 0 saturated heterocycles. The van der Waals surface area contributed by atoms with Crippen LogP contribution in [0.25, 0.3) is 0 Å². The maximum Gasteiger partial charge on any atom is 0.350 e. The number of aromatic nitrogens is 2. The second-order valence-electron chi connectivity index (χ2n) is 2.97. The summed E-state index contributed by atoms with van der Waals surface area (Å²) in [7, 11) is 0. The first kappa shape index (κ1) is 13.1. The molecule has 2 amide bonds. The lowest BCUT2D eigenvalue weighted by molar-refractivity contribution is -0.386. The molecule has 18 heavy (non-hydrogen) atoms. The van der Waals surface area contributed by atoms with E-state index < -0.39 is 27.9 Å². The highest BCUT2D eigenvalue weighted by atomic mass is 16.6. The average molecular weight is 256 g/mol. The Morgan fingerprint density at radius 2 is 2.33 bits per heavy atom. The lowest BCUT2D eigenvalue weighted by atomic mass is 10.5. The maximum atomic E-state index is 11.3. The molecule has 0 aliphatic carbocycles. The molecule has 0 saturated carbocycles. The van der Waals surface area contributed by atoms with Gasteiger partial charge in [-0.25, -0.2) is 15.0 Å². The number of aromatic amines is 1. The van der Waals surface area contributed by atoms with E-state index in [4.69, 9.17) is 5.73 Å². The third kappa shape index (κ3) is 3.26. The summed E-state index contributed by atoms with van der Waals surface area (Å²) in [5.74, 6) is 0. The van der Waals surface area contributed by atoms with E-state index in [0.29, 0.717) is 0 Å². The fourth-order valence-electron chi connectivity index (χ4n) is 1.00. The van der Waals surface area contributed by atoms with Crippen LogP contribution in [0.4, 0.5) is 10.5 Å². The fourth-order valence-corrected chi connectivity index (χ4v) is 1.00. The van der Waals surface area contributed by atoms with E-state index in [1.165, 1.54) is 0 Å². The third-order valence-electron chi connectivity index (χ3n) is 1.73. The van der Waals surface area contributed by atoms with Crippen LogP contribution in [-0.2, 0) is 6.54 Å². The largest absolute Gasteiger partial charge is 0.350 e. The first-order valence-corrected chi connectivity index (χ1v) is 4.47. The van der Waals surface area contributed by atoms with Crippen LogP contribution in [0.1, 0.15) is 0 Å². The molecule has 0 fully saturated rings. The highest BCUT2D eigenvalue weighted by Gasteiger charge is 2.14. The molecule has 11 heteroatoms. The van der Waals surface area contributed by atoms with E-state index in [2.05, 4.69) is 5.10 Å². The van der Waals surface area contributed by atoms with E-state index in [9.17, 15) is 24.5 Å². The highest BCUT2D eigenvalue weighted by molar-refractivity contribution is 5.72. The number of carbonyl (C=O) groups is 1. The topological polar surface area (TPSA) is 165 Å². The molecule has 0 spiro atoms. The molecule has 0 unspecified atom stereocenters. The van der Waals surface area contributed by atoms with E-state index in [0.717, 1.165) is 17.0 Å². The van der Waals surface area contributed by atoms with Crippen LogP contribution in [0.5, 0.6) is 0 Å². The van der Waals surface area contributed by atoms with Crippen molar-refractivity contribution in [3.05, 3.63) is 37.1 Å². The Kier molecular flexibility index (Phi) is 3.91. The van der Waals surface area contributed by atoms with Gasteiger partial charge in [0.1, 0.15) is 0 Å². The molecule has 1 aromatic heterocycles. The highest BCUT2D eigenvalue weighted by Crippen LogP contribution is 1.97. The number of amides is 2. The van der Waals surface area contributed by atoms with Crippen molar-refractivity contribution < 1.29 is 9.72 Å². The number of hydrogen-bond donors (Lipinski definition) is 3. The van der Waals surface area contributed by atoms with E-state index in [1.54, 1.807) is 4.98 Å². The van der Waals surface area contributed by atoms with E-state index >= 15 is 0 Å². The zero-order valence-electron chi connectivity index (χ0n) is 8.82. The Morgan fingerprint density at radius 3 is 2.89 bits per heavy atom. The van der Waals surface area contributed by atoms with Crippen LogP contribution in [0.15, 0.2) is 20.9 Å². The van der Waals surface area contributed by atoms with Gasteiger partial charge in [0.25, 0.3) is 0 Å². The number of nitrogens with two attached hydrogens (primary N) is 1. The van der Waals surface area contributed by atoms with Gasteiger partial charge in [0.15, 0.2) is 0 Å². The summed E-state index contributed by atoms with van der Waals surface area (Å²) in [5, 5.41) is 13.8. The number of primary amides is 1. The Labute approximate surface area is 98.1 Å². The number of hydrogen-bond acceptors (Lipinski definition) is 6. The summed E-state index contributed by atoms with van der Waals surface area (Å²) in [6, 6.07) is -0.897. The zero-order chi connectivity index (χ0) is 13.7. The van der Waals surface area contributed by atoms with Crippen molar-refractivity contribution in [2.45, 2.75) is 6.54 Å². The van der Waals surface area contributed by atoms with Crippen molar-refractivity contribution in [1.29, 1.82) is 0 Å². The Bertz CT molecular complexity index is 613. The molecule has 1 rings (SSSR count). The van der Waals surface area contributed by atoms with Gasteiger partial charge in [0.2, 0.25) is 0 Å². The molecule has 0 bridgehead atoms. The Balaban J connectivity index is 2.96. The average Bonchev–Trinajstić information content (AvgIpc) is 2.25. The first-order chi connectivity index (χ1) is 8.41. The molecule has 0 aliphatic rings. The molecule has 0 atom stereocenters. The predicted molar refractivity (Wildman–Crippen MR) is 59.2 cm³/mol. The quantitative estimate of drug-likeness (QED) is 0.324. The zero-order valence-corrected chi connectivity index (χ0v) is 8.82. The summed E-state index contributed by atoms with van der Waals surface area (Å²) in [4.78, 5) is 43.9. The normalized spacial score (nSPS) is 10.4. The summed E-state index contributed by atoms with van der Waals surface area (Å²) in [5.41, 5.74) is 3.89. The Morgan fingerprint density at radius 1 is 1.67 bits per heavy atom. The van der Waals surface area contributed by atoms with Crippen molar-refractivity contribution in [3.63, 3.8) is 0 Å². The molecule has 1 aromatic rings. The summed E-state index contributed by atoms with van der Waals surface area (Å²) in [6.45, 7) is -0.184. The molecule has 4 N–H and O–H groups in total.